The van der Waals surface area contributed by atoms with Crippen molar-refractivity contribution in [3.8, 4) is 5.75 Å². The summed E-state index contributed by atoms with van der Waals surface area (Å²) in [6.45, 7) is 8.06. The molecule has 1 aliphatic rings. The van der Waals surface area contributed by atoms with Crippen LogP contribution in [0, 0.1) is 0 Å². The minimum Gasteiger partial charge on any atom is -0.492 e. The number of anilines is 1. The Bertz CT molecular complexity index is 815. The van der Waals surface area contributed by atoms with Crippen LogP contribution in [0.2, 0.25) is 0 Å². The summed E-state index contributed by atoms with van der Waals surface area (Å²) >= 11 is 1.50. The molecule has 0 unspecified atom stereocenters. The van der Waals surface area contributed by atoms with Crippen molar-refractivity contribution in [2.24, 2.45) is 4.99 Å². The third kappa shape index (κ3) is 6.30. The van der Waals surface area contributed by atoms with Gasteiger partial charge in [-0.3, -0.25) is 4.99 Å². The molecule has 1 aliphatic heterocycles. The summed E-state index contributed by atoms with van der Waals surface area (Å²) < 4.78 is 10.2. The molecule has 0 saturated carbocycles. The lowest BCUT2D eigenvalue weighted by Crippen LogP contribution is -2.52. The molecule has 1 N–H and O–H groups in total. The number of aryl methyl sites for hydroxylation is 1. The van der Waals surface area contributed by atoms with Crippen LogP contribution < -0.4 is 15.0 Å². The highest BCUT2D eigenvalue weighted by Gasteiger charge is 2.22. The van der Waals surface area contributed by atoms with Gasteiger partial charge in [0.25, 0.3) is 0 Å². The molecule has 0 radical (unpaired) electrons. The second kappa shape index (κ2) is 11.1. The van der Waals surface area contributed by atoms with Gasteiger partial charge in [-0.25, -0.2) is 4.98 Å². The second-order valence-electron chi connectivity index (χ2n) is 7.52. The lowest BCUT2D eigenvalue weighted by atomic mass is 10.2. The van der Waals surface area contributed by atoms with Crippen molar-refractivity contribution in [3.05, 3.63) is 35.7 Å². The third-order valence-electron chi connectivity index (χ3n) is 4.99. The quantitative estimate of drug-likeness (QED) is 0.506. The van der Waals surface area contributed by atoms with Gasteiger partial charge < -0.3 is 24.8 Å². The number of hydrogen-bond donors (Lipinski definition) is 1. The number of guanidine groups is 1. The van der Waals surface area contributed by atoms with Gasteiger partial charge in [0.05, 0.1) is 0 Å². The van der Waals surface area contributed by atoms with E-state index < -0.39 is 0 Å². The fourth-order valence-corrected chi connectivity index (χ4v) is 4.03. The minimum atomic E-state index is 0.685. The first-order valence-corrected chi connectivity index (χ1v) is 11.3. The van der Waals surface area contributed by atoms with E-state index in [-0.39, 0.29) is 0 Å². The lowest BCUT2D eigenvalue weighted by Gasteiger charge is -2.36. The Morgan fingerprint density at radius 2 is 2.07 bits per heavy atom. The van der Waals surface area contributed by atoms with E-state index in [2.05, 4.69) is 53.4 Å². The Morgan fingerprint density at radius 1 is 1.27 bits per heavy atom. The lowest BCUT2D eigenvalue weighted by molar-refractivity contribution is 0.261. The molecule has 0 atom stereocenters. The van der Waals surface area contributed by atoms with E-state index in [0.717, 1.165) is 61.8 Å². The molecule has 1 aromatic heterocycles. The van der Waals surface area contributed by atoms with Gasteiger partial charge in [0.2, 0.25) is 5.13 Å². The number of likely N-dealkylation sites (N-methyl/N-ethyl adjacent to an activating group) is 1. The summed E-state index contributed by atoms with van der Waals surface area (Å²) in [6.07, 6.45) is 0.884. The smallest absolute Gasteiger partial charge is 0.205 e. The zero-order chi connectivity index (χ0) is 21.3. The SMILES string of the molecule is CCc1nsc(N2CCN(C(=NC)NCc3cccc(OCCN(C)C)c3)CC2)n1. The Morgan fingerprint density at radius 3 is 2.73 bits per heavy atom. The van der Waals surface area contributed by atoms with Crippen molar-refractivity contribution >= 4 is 22.6 Å². The number of hydrogen-bond acceptors (Lipinski definition) is 7. The summed E-state index contributed by atoms with van der Waals surface area (Å²) in [5.74, 6) is 2.77. The first kappa shape index (κ1) is 22.3. The largest absolute Gasteiger partial charge is 0.492 e. The van der Waals surface area contributed by atoms with Crippen LogP contribution in [0.3, 0.4) is 0 Å². The minimum absolute atomic E-state index is 0.685. The van der Waals surface area contributed by atoms with Gasteiger partial charge >= 0.3 is 0 Å². The predicted octanol–water partition coefficient (Wildman–Crippen LogP) is 1.94. The molecule has 9 heteroatoms. The first-order valence-electron chi connectivity index (χ1n) is 10.5. The molecule has 1 fully saturated rings. The molecule has 2 aromatic rings. The van der Waals surface area contributed by atoms with Crippen LogP contribution in [-0.2, 0) is 13.0 Å². The molecule has 30 heavy (non-hydrogen) atoms. The van der Waals surface area contributed by atoms with E-state index in [1.54, 1.807) is 0 Å². The number of piperazine rings is 1. The van der Waals surface area contributed by atoms with E-state index in [1.807, 2.05) is 33.3 Å². The van der Waals surface area contributed by atoms with Gasteiger partial charge in [0.15, 0.2) is 5.96 Å². The molecule has 1 saturated heterocycles. The van der Waals surface area contributed by atoms with E-state index in [0.29, 0.717) is 13.2 Å². The van der Waals surface area contributed by atoms with Crippen molar-refractivity contribution in [3.63, 3.8) is 0 Å². The van der Waals surface area contributed by atoms with E-state index >= 15 is 0 Å². The van der Waals surface area contributed by atoms with Crippen molar-refractivity contribution in [1.82, 2.24) is 24.5 Å². The average molecular weight is 432 g/mol. The standard InChI is InChI=1S/C21H33N7OS/c1-5-19-24-21(30-25-19)28-11-9-27(10-12-28)20(22-2)23-16-17-7-6-8-18(15-17)29-14-13-26(3)4/h6-8,15H,5,9-14,16H2,1-4H3,(H,22,23). The summed E-state index contributed by atoms with van der Waals surface area (Å²) in [6, 6.07) is 8.24. The Kier molecular flexibility index (Phi) is 8.27. The number of aliphatic imine (C=N–C) groups is 1. The molecule has 164 valence electrons. The maximum absolute atomic E-state index is 5.84. The highest BCUT2D eigenvalue weighted by molar-refractivity contribution is 7.09. The second-order valence-corrected chi connectivity index (χ2v) is 8.25. The summed E-state index contributed by atoms with van der Waals surface area (Å²) in [5, 5.41) is 4.52. The fourth-order valence-electron chi connectivity index (χ4n) is 3.23. The van der Waals surface area contributed by atoms with Gasteiger partial charge in [-0.05, 0) is 31.8 Å². The van der Waals surface area contributed by atoms with Gasteiger partial charge in [-0.15, -0.1) is 0 Å². The van der Waals surface area contributed by atoms with Crippen molar-refractivity contribution in [2.75, 3.05) is 65.4 Å². The van der Waals surface area contributed by atoms with Crippen LogP contribution in [-0.4, -0.2) is 85.6 Å². The van der Waals surface area contributed by atoms with Crippen molar-refractivity contribution in [2.45, 2.75) is 19.9 Å². The summed E-state index contributed by atoms with van der Waals surface area (Å²) in [4.78, 5) is 15.8. The third-order valence-corrected chi connectivity index (χ3v) is 5.81. The summed E-state index contributed by atoms with van der Waals surface area (Å²) in [7, 11) is 5.94. The number of rotatable bonds is 8. The van der Waals surface area contributed by atoms with E-state index in [9.17, 15) is 0 Å². The molecular formula is C21H33N7OS. The number of aromatic nitrogens is 2. The fraction of sp³-hybridized carbons (Fsp3) is 0.571. The number of nitrogens with one attached hydrogen (secondary N) is 1. The molecule has 2 heterocycles. The normalized spacial score (nSPS) is 15.0. The topological polar surface area (TPSA) is 69.1 Å². The molecular weight excluding hydrogens is 398 g/mol. The monoisotopic (exact) mass is 431 g/mol. The molecule has 0 amide bonds. The number of benzene rings is 1. The van der Waals surface area contributed by atoms with Crippen molar-refractivity contribution in [1.29, 1.82) is 0 Å². The molecule has 8 nitrogen and oxygen atoms in total. The predicted molar refractivity (Wildman–Crippen MR) is 124 cm³/mol. The van der Waals surface area contributed by atoms with Gasteiger partial charge in [0.1, 0.15) is 18.2 Å². The highest BCUT2D eigenvalue weighted by Crippen LogP contribution is 2.19. The molecule has 0 bridgehead atoms. The van der Waals surface area contributed by atoms with Gasteiger partial charge in [-0.2, -0.15) is 4.37 Å². The molecule has 3 rings (SSSR count). The van der Waals surface area contributed by atoms with E-state index in [4.69, 9.17) is 4.74 Å². The van der Waals surface area contributed by atoms with Crippen LogP contribution in [0.1, 0.15) is 18.3 Å². The van der Waals surface area contributed by atoms with Crippen molar-refractivity contribution < 1.29 is 4.74 Å². The first-order chi connectivity index (χ1) is 14.6. The number of ether oxygens (including phenoxy) is 1. The van der Waals surface area contributed by atoms with E-state index in [1.165, 1.54) is 17.1 Å². The average Bonchev–Trinajstić information content (AvgIpc) is 3.24. The zero-order valence-corrected chi connectivity index (χ0v) is 19.3. The van der Waals surface area contributed by atoms with Crippen LogP contribution in [0.4, 0.5) is 5.13 Å². The van der Waals surface area contributed by atoms with Gasteiger partial charge in [0, 0.05) is 64.3 Å². The van der Waals surface area contributed by atoms with Gasteiger partial charge in [-0.1, -0.05) is 19.1 Å². The van der Waals surface area contributed by atoms with Crippen LogP contribution in [0.5, 0.6) is 5.75 Å². The maximum Gasteiger partial charge on any atom is 0.205 e. The number of nitrogens with zero attached hydrogens (tertiary/aromatic N) is 6. The van der Waals surface area contributed by atoms with Crippen LogP contribution in [0.15, 0.2) is 29.3 Å². The zero-order valence-electron chi connectivity index (χ0n) is 18.5. The molecule has 1 aromatic carbocycles. The molecule has 0 spiro atoms. The van der Waals surface area contributed by atoms with Crippen LogP contribution >= 0.6 is 11.5 Å². The Balaban J connectivity index is 1.48. The summed E-state index contributed by atoms with van der Waals surface area (Å²) in [5.41, 5.74) is 1.18. The Hall–Kier alpha value is -2.39. The Labute approximate surface area is 183 Å². The highest BCUT2D eigenvalue weighted by atomic mass is 32.1. The maximum atomic E-state index is 5.84. The van der Waals surface area contributed by atoms with Crippen LogP contribution in [0.25, 0.3) is 0 Å². The molecule has 0 aliphatic carbocycles.